The van der Waals surface area contributed by atoms with Crippen LogP contribution in [-0.2, 0) is 11.8 Å². The Morgan fingerprint density at radius 3 is 2.76 bits per heavy atom. The summed E-state index contributed by atoms with van der Waals surface area (Å²) in [5.74, 6) is -0.0204. The molecule has 5 nitrogen and oxygen atoms in total. The normalized spacial score (nSPS) is 10.6. The number of benzene rings is 1. The highest BCUT2D eigenvalue weighted by molar-refractivity contribution is 9.10. The fourth-order valence-corrected chi connectivity index (χ4v) is 2.19. The molecule has 2 rings (SSSR count). The first-order valence-electron chi connectivity index (χ1n) is 4.86. The second-order valence-electron chi connectivity index (χ2n) is 3.49. The van der Waals surface area contributed by atoms with Crippen molar-refractivity contribution in [2.24, 2.45) is 7.05 Å². The smallest absolute Gasteiger partial charge is 0.343 e. The Labute approximate surface area is 106 Å². The van der Waals surface area contributed by atoms with E-state index in [0.717, 1.165) is 9.86 Å². The van der Waals surface area contributed by atoms with Crippen LogP contribution in [0, 0.1) is 0 Å². The molecule has 17 heavy (non-hydrogen) atoms. The number of hydrogen-bond donors (Lipinski definition) is 0. The van der Waals surface area contributed by atoms with Crippen LogP contribution in [0.2, 0.25) is 0 Å². The number of esters is 1. The van der Waals surface area contributed by atoms with Crippen LogP contribution in [0.3, 0.4) is 0 Å². The molecule has 0 saturated carbocycles. The van der Waals surface area contributed by atoms with Gasteiger partial charge in [0.2, 0.25) is 0 Å². The Morgan fingerprint density at radius 2 is 2.18 bits per heavy atom. The van der Waals surface area contributed by atoms with Crippen LogP contribution >= 0.6 is 15.9 Å². The molecule has 6 heteroatoms. The van der Waals surface area contributed by atoms with E-state index in [0.29, 0.717) is 16.8 Å². The first kappa shape index (κ1) is 11.9. The molecular weight excluding hydrogens is 288 g/mol. The van der Waals surface area contributed by atoms with Crippen LogP contribution in [0.1, 0.15) is 10.4 Å². The lowest BCUT2D eigenvalue weighted by molar-refractivity contribution is 0.0599. The van der Waals surface area contributed by atoms with E-state index in [4.69, 9.17) is 9.47 Å². The lowest BCUT2D eigenvalue weighted by atomic mass is 10.1. The van der Waals surface area contributed by atoms with Gasteiger partial charge in [-0.05, 0) is 22.0 Å². The van der Waals surface area contributed by atoms with E-state index in [1.807, 2.05) is 6.20 Å². The molecule has 1 aromatic carbocycles. The molecule has 0 atom stereocenters. The van der Waals surface area contributed by atoms with Crippen molar-refractivity contribution in [2.75, 3.05) is 14.2 Å². The third-order valence-corrected chi connectivity index (χ3v) is 3.09. The van der Waals surface area contributed by atoms with E-state index in [1.54, 1.807) is 17.8 Å². The zero-order chi connectivity index (χ0) is 12.6. The number of carbonyl (C=O) groups is 1. The SMILES string of the molecule is COC(=O)c1c(OC)cc(Br)c2cn(C)nc12. The predicted octanol–water partition coefficient (Wildman–Crippen LogP) is 2.13. The number of aryl methyl sites for hydroxylation is 1. The average molecular weight is 299 g/mol. The van der Waals surface area contributed by atoms with Crippen LogP contribution in [-0.4, -0.2) is 30.0 Å². The molecule has 0 fully saturated rings. The van der Waals surface area contributed by atoms with Crippen molar-refractivity contribution in [3.8, 4) is 5.75 Å². The number of hydrogen-bond acceptors (Lipinski definition) is 4. The van der Waals surface area contributed by atoms with Gasteiger partial charge in [0.25, 0.3) is 0 Å². The van der Waals surface area contributed by atoms with Crippen molar-refractivity contribution in [3.63, 3.8) is 0 Å². The van der Waals surface area contributed by atoms with Crippen molar-refractivity contribution >= 4 is 32.8 Å². The Hall–Kier alpha value is -1.56. The summed E-state index contributed by atoms with van der Waals surface area (Å²) in [5.41, 5.74) is 0.902. The van der Waals surface area contributed by atoms with Crippen molar-refractivity contribution < 1.29 is 14.3 Å². The predicted molar refractivity (Wildman–Crippen MR) is 66.3 cm³/mol. The summed E-state index contributed by atoms with van der Waals surface area (Å²) in [6.07, 6.45) is 1.82. The van der Waals surface area contributed by atoms with Gasteiger partial charge in [-0.2, -0.15) is 5.10 Å². The third-order valence-electron chi connectivity index (χ3n) is 2.44. The van der Waals surface area contributed by atoms with Gasteiger partial charge in [0, 0.05) is 23.1 Å². The zero-order valence-electron chi connectivity index (χ0n) is 9.65. The van der Waals surface area contributed by atoms with E-state index < -0.39 is 5.97 Å². The Morgan fingerprint density at radius 1 is 1.47 bits per heavy atom. The third kappa shape index (κ3) is 1.88. The number of halogens is 1. The van der Waals surface area contributed by atoms with Crippen molar-refractivity contribution in [1.29, 1.82) is 0 Å². The highest BCUT2D eigenvalue weighted by Crippen LogP contribution is 2.33. The minimum Gasteiger partial charge on any atom is -0.496 e. The molecule has 90 valence electrons. The number of fused-ring (bicyclic) bond motifs is 1. The molecule has 1 heterocycles. The number of methoxy groups -OCH3 is 2. The van der Waals surface area contributed by atoms with Gasteiger partial charge < -0.3 is 9.47 Å². The van der Waals surface area contributed by atoms with E-state index in [-0.39, 0.29) is 0 Å². The molecule has 0 aliphatic carbocycles. The Balaban J connectivity index is 2.85. The average Bonchev–Trinajstić information content (AvgIpc) is 2.70. The summed E-state index contributed by atoms with van der Waals surface area (Å²) in [6.45, 7) is 0. The molecule has 0 unspecified atom stereocenters. The zero-order valence-corrected chi connectivity index (χ0v) is 11.2. The second kappa shape index (κ2) is 4.37. The fourth-order valence-electron chi connectivity index (χ4n) is 1.69. The number of rotatable bonds is 2. The number of ether oxygens (including phenoxy) is 2. The van der Waals surface area contributed by atoms with Crippen molar-refractivity contribution in [3.05, 3.63) is 22.3 Å². The second-order valence-corrected chi connectivity index (χ2v) is 4.35. The first-order valence-corrected chi connectivity index (χ1v) is 5.66. The highest BCUT2D eigenvalue weighted by atomic mass is 79.9. The summed E-state index contributed by atoms with van der Waals surface area (Å²) in [4.78, 5) is 11.8. The summed E-state index contributed by atoms with van der Waals surface area (Å²) >= 11 is 3.42. The van der Waals surface area contributed by atoms with Crippen LogP contribution < -0.4 is 4.74 Å². The van der Waals surface area contributed by atoms with Gasteiger partial charge in [0.05, 0.1) is 14.2 Å². The minimum absolute atomic E-state index is 0.341. The maximum absolute atomic E-state index is 11.8. The van der Waals surface area contributed by atoms with Crippen LogP contribution in [0.15, 0.2) is 16.7 Å². The lowest BCUT2D eigenvalue weighted by Gasteiger charge is -2.08. The summed E-state index contributed by atoms with van der Waals surface area (Å²) in [5, 5.41) is 5.10. The molecule has 0 amide bonds. The van der Waals surface area contributed by atoms with Gasteiger partial charge >= 0.3 is 5.97 Å². The van der Waals surface area contributed by atoms with Crippen molar-refractivity contribution in [2.45, 2.75) is 0 Å². The summed E-state index contributed by atoms with van der Waals surface area (Å²) in [7, 11) is 4.63. The van der Waals surface area contributed by atoms with Crippen LogP contribution in [0.25, 0.3) is 10.9 Å². The Kier molecular flexibility index (Phi) is 3.06. The molecular formula is C11H11BrN2O3. The summed E-state index contributed by atoms with van der Waals surface area (Å²) < 4.78 is 12.4. The maximum atomic E-state index is 11.8. The number of aromatic nitrogens is 2. The highest BCUT2D eigenvalue weighted by Gasteiger charge is 2.21. The van der Waals surface area contributed by atoms with Crippen molar-refractivity contribution in [1.82, 2.24) is 9.78 Å². The minimum atomic E-state index is -0.460. The molecule has 0 spiro atoms. The molecule has 1 aromatic heterocycles. The first-order chi connectivity index (χ1) is 8.08. The van der Waals surface area contributed by atoms with Gasteiger partial charge in [-0.3, -0.25) is 4.68 Å². The molecule has 0 aliphatic rings. The Bertz CT molecular complexity index is 592. The maximum Gasteiger partial charge on any atom is 0.343 e. The summed E-state index contributed by atoms with van der Waals surface area (Å²) in [6, 6.07) is 1.73. The van der Waals surface area contributed by atoms with E-state index in [9.17, 15) is 4.79 Å². The van der Waals surface area contributed by atoms with Gasteiger partial charge in [-0.25, -0.2) is 4.79 Å². The molecule has 0 bridgehead atoms. The molecule has 0 N–H and O–H groups in total. The van der Waals surface area contributed by atoms with E-state index in [2.05, 4.69) is 21.0 Å². The lowest BCUT2D eigenvalue weighted by Crippen LogP contribution is -2.05. The molecule has 0 radical (unpaired) electrons. The molecule has 2 aromatic rings. The molecule has 0 aliphatic heterocycles. The van der Waals surface area contributed by atoms with Gasteiger partial charge in [-0.1, -0.05) is 0 Å². The van der Waals surface area contributed by atoms with Gasteiger partial charge in [0.15, 0.2) is 0 Å². The van der Waals surface area contributed by atoms with Gasteiger partial charge in [-0.15, -0.1) is 0 Å². The largest absolute Gasteiger partial charge is 0.496 e. The quantitative estimate of drug-likeness (QED) is 0.797. The fraction of sp³-hybridized carbons (Fsp3) is 0.273. The monoisotopic (exact) mass is 298 g/mol. The van der Waals surface area contributed by atoms with Crippen LogP contribution in [0.5, 0.6) is 5.75 Å². The van der Waals surface area contributed by atoms with E-state index in [1.165, 1.54) is 14.2 Å². The van der Waals surface area contributed by atoms with E-state index >= 15 is 0 Å². The number of nitrogens with zero attached hydrogens (tertiary/aromatic N) is 2. The van der Waals surface area contributed by atoms with Crippen LogP contribution in [0.4, 0.5) is 0 Å². The number of carbonyl (C=O) groups excluding carboxylic acids is 1. The topological polar surface area (TPSA) is 53.4 Å². The standard InChI is InChI=1S/C11H11BrN2O3/c1-14-5-6-7(12)4-8(16-2)9(10(6)13-14)11(15)17-3/h4-5H,1-3H3. The van der Waals surface area contributed by atoms with Gasteiger partial charge in [0.1, 0.15) is 16.8 Å². The molecule has 0 saturated heterocycles.